The Balaban J connectivity index is 1.54. The van der Waals surface area contributed by atoms with E-state index >= 15 is 0 Å². The molecule has 1 amide bonds. The number of sulfonamides is 1. The first-order valence-corrected chi connectivity index (χ1v) is 13.0. The van der Waals surface area contributed by atoms with Crippen molar-refractivity contribution >= 4 is 33.4 Å². The van der Waals surface area contributed by atoms with E-state index in [0.717, 1.165) is 27.3 Å². The number of fused-ring (bicyclic) bond motifs is 1. The summed E-state index contributed by atoms with van der Waals surface area (Å²) in [5, 5.41) is 2.98. The highest BCUT2D eigenvalue weighted by Gasteiger charge is 2.28. The molecule has 1 heterocycles. The topological polar surface area (TPSA) is 66.5 Å². The number of hydrogen-bond donors (Lipinski definition) is 1. The van der Waals surface area contributed by atoms with Crippen LogP contribution in [0.1, 0.15) is 34.0 Å². The maximum absolute atomic E-state index is 13.1. The van der Waals surface area contributed by atoms with Crippen LogP contribution in [0.3, 0.4) is 0 Å². The molecule has 166 valence electrons. The predicted octanol–water partition coefficient (Wildman–Crippen LogP) is 5.11. The van der Waals surface area contributed by atoms with Crippen LogP contribution in [0.4, 0.5) is 5.69 Å². The lowest BCUT2D eigenvalue weighted by molar-refractivity contribution is 0.102. The van der Waals surface area contributed by atoms with Crippen molar-refractivity contribution in [3.05, 3.63) is 89.0 Å². The summed E-state index contributed by atoms with van der Waals surface area (Å²) < 4.78 is 27.7. The first-order chi connectivity index (χ1) is 15.4. The molecule has 0 spiro atoms. The van der Waals surface area contributed by atoms with E-state index in [-0.39, 0.29) is 12.5 Å². The molecule has 7 heteroatoms. The van der Waals surface area contributed by atoms with Crippen molar-refractivity contribution in [3.8, 4) is 0 Å². The van der Waals surface area contributed by atoms with Gasteiger partial charge in [-0.2, -0.15) is 4.31 Å². The average molecular weight is 467 g/mol. The third-order valence-electron chi connectivity index (χ3n) is 5.53. The van der Waals surface area contributed by atoms with Gasteiger partial charge in [0.05, 0.1) is 10.5 Å². The van der Waals surface area contributed by atoms with Gasteiger partial charge in [0, 0.05) is 23.7 Å². The van der Waals surface area contributed by atoms with Crippen molar-refractivity contribution in [2.24, 2.45) is 0 Å². The Bertz CT molecular complexity index is 1240. The molecular weight excluding hydrogens is 440 g/mol. The number of hydrogen-bond acceptors (Lipinski definition) is 4. The van der Waals surface area contributed by atoms with E-state index < -0.39 is 10.0 Å². The van der Waals surface area contributed by atoms with E-state index in [2.05, 4.69) is 12.2 Å². The van der Waals surface area contributed by atoms with Crippen molar-refractivity contribution in [1.29, 1.82) is 0 Å². The predicted molar refractivity (Wildman–Crippen MR) is 130 cm³/mol. The van der Waals surface area contributed by atoms with Crippen LogP contribution >= 0.6 is 11.8 Å². The van der Waals surface area contributed by atoms with Crippen LogP contribution in [0.25, 0.3) is 0 Å². The highest BCUT2D eigenvalue weighted by atomic mass is 32.2. The molecule has 0 fully saturated rings. The molecule has 0 bridgehead atoms. The van der Waals surface area contributed by atoms with Crippen LogP contribution in [0.2, 0.25) is 0 Å². The van der Waals surface area contributed by atoms with Gasteiger partial charge < -0.3 is 5.32 Å². The number of anilines is 1. The molecule has 0 aromatic heterocycles. The normalized spacial score (nSPS) is 14.1. The van der Waals surface area contributed by atoms with Gasteiger partial charge in [-0.25, -0.2) is 8.42 Å². The van der Waals surface area contributed by atoms with Gasteiger partial charge in [0.1, 0.15) is 0 Å². The van der Waals surface area contributed by atoms with Crippen LogP contribution in [0, 0.1) is 6.92 Å². The summed E-state index contributed by atoms with van der Waals surface area (Å²) in [6, 6.07) is 20.2. The molecule has 1 N–H and O–H groups in total. The molecule has 0 atom stereocenters. The average Bonchev–Trinajstić information content (AvgIpc) is 2.79. The number of thioether (sulfide) groups is 1. The Hall–Kier alpha value is -2.61. The maximum Gasteiger partial charge on any atom is 0.256 e. The van der Waals surface area contributed by atoms with Crippen LogP contribution in [0.5, 0.6) is 0 Å². The molecule has 3 aromatic carbocycles. The van der Waals surface area contributed by atoms with Gasteiger partial charge in [0.15, 0.2) is 0 Å². The summed E-state index contributed by atoms with van der Waals surface area (Å²) in [4.78, 5) is 14.1. The summed E-state index contributed by atoms with van der Waals surface area (Å²) in [5.41, 5.74) is 4.36. The van der Waals surface area contributed by atoms with Gasteiger partial charge in [-0.3, -0.25) is 4.79 Å². The number of nitrogens with one attached hydrogen (secondary N) is 1. The van der Waals surface area contributed by atoms with Crippen molar-refractivity contribution in [3.63, 3.8) is 0 Å². The minimum Gasteiger partial charge on any atom is -0.322 e. The molecule has 5 nitrogen and oxygen atoms in total. The third-order valence-corrected chi connectivity index (χ3v) is 8.35. The highest BCUT2D eigenvalue weighted by Crippen LogP contribution is 2.28. The summed E-state index contributed by atoms with van der Waals surface area (Å²) in [6.45, 7) is 4.72. The van der Waals surface area contributed by atoms with Gasteiger partial charge in [-0.1, -0.05) is 42.8 Å². The smallest absolute Gasteiger partial charge is 0.256 e. The maximum atomic E-state index is 13.1. The first kappa shape index (κ1) is 22.6. The quantitative estimate of drug-likeness (QED) is 0.513. The monoisotopic (exact) mass is 466 g/mol. The molecule has 0 saturated heterocycles. The molecule has 1 aliphatic rings. The Morgan fingerprint density at radius 3 is 2.53 bits per heavy atom. The number of rotatable bonds is 6. The second kappa shape index (κ2) is 9.48. The number of aryl methyl sites for hydroxylation is 1. The zero-order valence-corrected chi connectivity index (χ0v) is 19.8. The van der Waals surface area contributed by atoms with Crippen molar-refractivity contribution in [1.82, 2.24) is 4.31 Å². The molecule has 32 heavy (non-hydrogen) atoms. The summed E-state index contributed by atoms with van der Waals surface area (Å²) in [6.07, 6.45) is 0.643. The second-order valence-corrected chi connectivity index (χ2v) is 11.0. The Morgan fingerprint density at radius 1 is 1.03 bits per heavy atom. The zero-order chi connectivity index (χ0) is 22.7. The van der Waals surface area contributed by atoms with Crippen LogP contribution in [0.15, 0.2) is 76.5 Å². The van der Waals surface area contributed by atoms with E-state index in [0.29, 0.717) is 29.1 Å². The van der Waals surface area contributed by atoms with Gasteiger partial charge in [0.2, 0.25) is 10.0 Å². The molecule has 0 unspecified atom stereocenters. The number of benzene rings is 3. The SMILES string of the molecule is CCSc1ccccc1C(=O)Nc1ccc2c(c1)CN(S(=O)(=O)c1ccc(C)cc1)CC2. The van der Waals surface area contributed by atoms with E-state index in [1.165, 1.54) is 4.31 Å². The van der Waals surface area contributed by atoms with E-state index in [1.54, 1.807) is 23.9 Å². The molecule has 0 aliphatic carbocycles. The zero-order valence-electron chi connectivity index (χ0n) is 18.2. The van der Waals surface area contributed by atoms with E-state index in [1.807, 2.05) is 61.5 Å². The number of amides is 1. The lowest BCUT2D eigenvalue weighted by Gasteiger charge is -2.28. The standard InChI is InChI=1S/C25H26N2O3S2/c1-3-31-24-7-5-4-6-23(24)25(28)26-21-11-10-19-14-15-27(17-20(19)16-21)32(29,30)22-12-8-18(2)9-13-22/h4-13,16H,3,14-15,17H2,1-2H3,(H,26,28). The highest BCUT2D eigenvalue weighted by molar-refractivity contribution is 7.99. The van der Waals surface area contributed by atoms with Crippen molar-refractivity contribution in [2.45, 2.75) is 36.6 Å². The number of carbonyl (C=O) groups is 1. The van der Waals surface area contributed by atoms with Crippen molar-refractivity contribution < 1.29 is 13.2 Å². The van der Waals surface area contributed by atoms with Gasteiger partial charge in [-0.15, -0.1) is 11.8 Å². The van der Waals surface area contributed by atoms with Crippen LogP contribution in [-0.4, -0.2) is 30.9 Å². The minimum absolute atomic E-state index is 0.165. The third kappa shape index (κ3) is 4.75. The first-order valence-electron chi connectivity index (χ1n) is 10.6. The van der Waals surface area contributed by atoms with Gasteiger partial charge in [-0.05, 0) is 66.6 Å². The molecular formula is C25H26N2O3S2. The summed E-state index contributed by atoms with van der Waals surface area (Å²) in [5.74, 6) is 0.718. The minimum atomic E-state index is -3.57. The van der Waals surface area contributed by atoms with E-state index in [4.69, 9.17) is 0 Å². The molecule has 3 aromatic rings. The van der Waals surface area contributed by atoms with Crippen molar-refractivity contribution in [2.75, 3.05) is 17.6 Å². The Kier molecular flexibility index (Phi) is 6.69. The lowest BCUT2D eigenvalue weighted by Crippen LogP contribution is -2.36. The molecule has 0 radical (unpaired) electrons. The summed E-state index contributed by atoms with van der Waals surface area (Å²) in [7, 11) is -3.57. The Labute approximate surface area is 193 Å². The fourth-order valence-corrected chi connectivity index (χ4v) is 6.03. The summed E-state index contributed by atoms with van der Waals surface area (Å²) >= 11 is 1.63. The largest absolute Gasteiger partial charge is 0.322 e. The van der Waals surface area contributed by atoms with Crippen LogP contribution in [-0.2, 0) is 23.0 Å². The fraction of sp³-hybridized carbons (Fsp3) is 0.240. The Morgan fingerprint density at radius 2 is 1.78 bits per heavy atom. The van der Waals surface area contributed by atoms with Gasteiger partial charge >= 0.3 is 0 Å². The number of carbonyl (C=O) groups excluding carboxylic acids is 1. The lowest BCUT2D eigenvalue weighted by atomic mass is 10.0. The van der Waals surface area contributed by atoms with Crippen LogP contribution < -0.4 is 5.32 Å². The second-order valence-electron chi connectivity index (χ2n) is 7.77. The molecule has 1 aliphatic heterocycles. The fourth-order valence-electron chi connectivity index (χ4n) is 3.81. The number of nitrogens with zero attached hydrogens (tertiary/aromatic N) is 1. The molecule has 0 saturated carbocycles. The molecule has 4 rings (SSSR count). The van der Waals surface area contributed by atoms with E-state index in [9.17, 15) is 13.2 Å². The van der Waals surface area contributed by atoms with Gasteiger partial charge in [0.25, 0.3) is 5.91 Å².